The first kappa shape index (κ1) is 26.4. The number of methoxy groups -OCH3 is 1. The number of nitrogens with zero attached hydrogens (tertiary/aromatic N) is 1. The number of likely N-dealkylation sites (tertiary alicyclic amines) is 1. The van der Waals surface area contributed by atoms with Crippen molar-refractivity contribution in [1.29, 1.82) is 0 Å². The van der Waals surface area contributed by atoms with E-state index in [0.29, 0.717) is 45.6 Å². The van der Waals surface area contributed by atoms with Crippen molar-refractivity contribution >= 4 is 5.91 Å². The number of hydrogen-bond acceptors (Lipinski definition) is 6. The number of carbonyl (C=O) groups is 1. The molecule has 2 saturated carbocycles. The summed E-state index contributed by atoms with van der Waals surface area (Å²) in [6, 6.07) is 7.57. The van der Waals surface area contributed by atoms with Crippen LogP contribution in [0.25, 0.3) is 0 Å². The molecule has 1 saturated heterocycles. The first-order chi connectivity index (χ1) is 16.9. The lowest BCUT2D eigenvalue weighted by Crippen LogP contribution is -2.49. The van der Waals surface area contributed by atoms with Crippen LogP contribution >= 0.6 is 0 Å². The lowest BCUT2D eigenvalue weighted by molar-refractivity contribution is -0.141. The van der Waals surface area contributed by atoms with Crippen LogP contribution in [0.3, 0.4) is 0 Å². The number of carbonyl (C=O) groups excluding carboxylic acids is 1. The third kappa shape index (κ3) is 6.56. The fraction of sp³-hybridized carbons (Fsp3) is 0.750. The van der Waals surface area contributed by atoms with Crippen LogP contribution in [0.5, 0.6) is 5.75 Å². The molecular formula is C28H44N2O5. The van der Waals surface area contributed by atoms with E-state index in [2.05, 4.69) is 0 Å². The molecule has 1 aromatic rings. The van der Waals surface area contributed by atoms with Crippen molar-refractivity contribution in [3.63, 3.8) is 0 Å². The summed E-state index contributed by atoms with van der Waals surface area (Å²) in [5, 5.41) is 22.4. The van der Waals surface area contributed by atoms with E-state index in [0.717, 1.165) is 49.3 Å². The number of nitrogens with two attached hydrogens (primary N) is 1. The van der Waals surface area contributed by atoms with Crippen molar-refractivity contribution in [2.75, 3.05) is 33.4 Å². The number of unbranched alkanes of at least 4 members (excludes halogenated alkanes) is 1. The summed E-state index contributed by atoms with van der Waals surface area (Å²) in [6.07, 6.45) is 8.00. The zero-order valence-electron chi connectivity index (χ0n) is 21.2. The molecule has 1 unspecified atom stereocenters. The van der Waals surface area contributed by atoms with Gasteiger partial charge < -0.3 is 30.3 Å². The maximum atomic E-state index is 13.3. The van der Waals surface area contributed by atoms with E-state index in [9.17, 15) is 15.0 Å². The van der Waals surface area contributed by atoms with E-state index in [1.165, 1.54) is 12.8 Å². The van der Waals surface area contributed by atoms with Crippen molar-refractivity contribution in [3.05, 3.63) is 29.8 Å². The summed E-state index contributed by atoms with van der Waals surface area (Å²) in [6.45, 7) is 2.53. The van der Waals surface area contributed by atoms with Gasteiger partial charge in [-0.1, -0.05) is 31.0 Å². The second kappa shape index (κ2) is 12.0. The first-order valence-corrected chi connectivity index (χ1v) is 13.6. The van der Waals surface area contributed by atoms with Gasteiger partial charge in [0.1, 0.15) is 5.75 Å². The molecule has 0 spiro atoms. The maximum absolute atomic E-state index is 13.3. The Balaban J connectivity index is 1.51. The molecular weight excluding hydrogens is 444 g/mol. The molecule has 7 heteroatoms. The SMILES string of the molecule is COCCCC[C@@](O)(c1ccccc1OCCC1CC1)C1CCCN(C(=O)[C@H]2C[C@@H](N)[C@H](O)C2)C1. The standard InChI is InChI=1S/C28H44N2O5/c1-34-15-5-4-13-28(33,23-8-2-3-9-26(23)35-16-12-20-10-11-20)22-7-6-14-30(19-22)27(32)21-17-24(29)25(31)18-21/h2-3,8-9,20-22,24-25,31,33H,4-7,10-19,29H2,1H3/t21-,22?,24+,25+,28-/m0/s1. The Labute approximate surface area is 210 Å². The van der Waals surface area contributed by atoms with Crippen LogP contribution in [0, 0.1) is 17.8 Å². The van der Waals surface area contributed by atoms with Gasteiger partial charge in [0.15, 0.2) is 0 Å². The number of rotatable bonds is 12. The highest BCUT2D eigenvalue weighted by Crippen LogP contribution is 2.44. The van der Waals surface area contributed by atoms with Gasteiger partial charge in [0, 0.05) is 50.2 Å². The normalized spacial score (nSPS) is 28.6. The number of hydrogen-bond donors (Lipinski definition) is 3. The Morgan fingerprint density at radius 1 is 1.17 bits per heavy atom. The smallest absolute Gasteiger partial charge is 0.225 e. The average Bonchev–Trinajstić information content (AvgIpc) is 3.64. The quantitative estimate of drug-likeness (QED) is 0.390. The lowest BCUT2D eigenvalue weighted by atomic mass is 9.73. The lowest BCUT2D eigenvalue weighted by Gasteiger charge is -2.44. The Hall–Kier alpha value is -1.67. The van der Waals surface area contributed by atoms with Gasteiger partial charge in [-0.25, -0.2) is 0 Å². The van der Waals surface area contributed by atoms with E-state index in [1.54, 1.807) is 7.11 Å². The van der Waals surface area contributed by atoms with E-state index in [-0.39, 0.29) is 23.8 Å². The summed E-state index contributed by atoms with van der Waals surface area (Å²) in [7, 11) is 1.70. The van der Waals surface area contributed by atoms with Crippen LogP contribution in [0.2, 0.25) is 0 Å². The molecule has 0 aromatic heterocycles. The Morgan fingerprint density at radius 2 is 1.97 bits per heavy atom. The number of benzene rings is 1. The number of aliphatic hydroxyl groups is 2. The number of piperidine rings is 1. The van der Waals surface area contributed by atoms with Gasteiger partial charge in [-0.3, -0.25) is 4.79 Å². The molecule has 5 atom stereocenters. The molecule has 4 rings (SSSR count). The van der Waals surface area contributed by atoms with Crippen molar-refractivity contribution in [3.8, 4) is 5.75 Å². The van der Waals surface area contributed by atoms with Crippen molar-refractivity contribution in [2.45, 2.75) is 82.0 Å². The minimum Gasteiger partial charge on any atom is -0.493 e. The number of amides is 1. The first-order valence-electron chi connectivity index (χ1n) is 13.6. The molecule has 4 N–H and O–H groups in total. The molecule has 1 aromatic carbocycles. The summed E-state index contributed by atoms with van der Waals surface area (Å²) in [5.74, 6) is 1.30. The van der Waals surface area contributed by atoms with Gasteiger partial charge in [0.25, 0.3) is 0 Å². The predicted molar refractivity (Wildman–Crippen MR) is 135 cm³/mol. The molecule has 1 heterocycles. The topological polar surface area (TPSA) is 105 Å². The maximum Gasteiger partial charge on any atom is 0.225 e. The Kier molecular flexibility index (Phi) is 9.08. The number of ether oxygens (including phenoxy) is 2. The molecule has 3 fully saturated rings. The predicted octanol–water partition coefficient (Wildman–Crippen LogP) is 3.21. The molecule has 0 bridgehead atoms. The van der Waals surface area contributed by atoms with Crippen molar-refractivity contribution < 1.29 is 24.5 Å². The largest absolute Gasteiger partial charge is 0.493 e. The zero-order chi connectivity index (χ0) is 24.8. The fourth-order valence-corrected chi connectivity index (χ4v) is 5.97. The molecule has 7 nitrogen and oxygen atoms in total. The molecule has 2 aliphatic carbocycles. The molecule has 1 aliphatic heterocycles. The van der Waals surface area contributed by atoms with Gasteiger partial charge in [0.05, 0.1) is 18.3 Å². The highest BCUT2D eigenvalue weighted by Gasteiger charge is 2.44. The summed E-state index contributed by atoms with van der Waals surface area (Å²) in [5.41, 5.74) is 5.73. The van der Waals surface area contributed by atoms with Crippen LogP contribution in [0.4, 0.5) is 0 Å². The van der Waals surface area contributed by atoms with Crippen molar-refractivity contribution in [2.24, 2.45) is 23.5 Å². The molecule has 0 radical (unpaired) electrons. The van der Waals surface area contributed by atoms with Gasteiger partial charge in [-0.2, -0.15) is 0 Å². The summed E-state index contributed by atoms with van der Waals surface area (Å²) in [4.78, 5) is 15.2. The number of aliphatic hydroxyl groups excluding tert-OH is 1. The van der Waals surface area contributed by atoms with Crippen LogP contribution in [0.15, 0.2) is 24.3 Å². The minimum atomic E-state index is -1.09. The molecule has 1 amide bonds. The highest BCUT2D eigenvalue weighted by molar-refractivity contribution is 5.79. The van der Waals surface area contributed by atoms with E-state index >= 15 is 0 Å². The second-order valence-electron chi connectivity index (χ2n) is 11.0. The van der Waals surface area contributed by atoms with Crippen LogP contribution in [0.1, 0.15) is 69.8 Å². The summed E-state index contributed by atoms with van der Waals surface area (Å²) < 4.78 is 11.5. The second-order valence-corrected chi connectivity index (χ2v) is 11.0. The summed E-state index contributed by atoms with van der Waals surface area (Å²) >= 11 is 0. The zero-order valence-corrected chi connectivity index (χ0v) is 21.2. The van der Waals surface area contributed by atoms with Gasteiger partial charge in [-0.15, -0.1) is 0 Å². The molecule has 196 valence electrons. The van der Waals surface area contributed by atoms with Gasteiger partial charge in [0.2, 0.25) is 5.91 Å². The average molecular weight is 489 g/mol. The monoisotopic (exact) mass is 488 g/mol. The molecule has 3 aliphatic rings. The van der Waals surface area contributed by atoms with Crippen molar-refractivity contribution in [1.82, 2.24) is 4.90 Å². The minimum absolute atomic E-state index is 0.0670. The highest BCUT2D eigenvalue weighted by atomic mass is 16.5. The van der Waals surface area contributed by atoms with Gasteiger partial charge in [-0.05, 0) is 63.4 Å². The van der Waals surface area contributed by atoms with Crippen LogP contribution in [-0.4, -0.2) is 66.6 Å². The van der Waals surface area contributed by atoms with E-state index in [4.69, 9.17) is 15.2 Å². The Morgan fingerprint density at radius 3 is 2.69 bits per heavy atom. The third-order valence-corrected chi connectivity index (χ3v) is 8.33. The van der Waals surface area contributed by atoms with Crippen LogP contribution < -0.4 is 10.5 Å². The van der Waals surface area contributed by atoms with E-state index < -0.39 is 11.7 Å². The number of para-hydroxylation sites is 1. The van der Waals surface area contributed by atoms with Crippen LogP contribution in [-0.2, 0) is 15.1 Å². The van der Waals surface area contributed by atoms with E-state index in [1.807, 2.05) is 29.2 Å². The third-order valence-electron chi connectivity index (χ3n) is 8.33. The van der Waals surface area contributed by atoms with Gasteiger partial charge >= 0.3 is 0 Å². The fourth-order valence-electron chi connectivity index (χ4n) is 5.97. The molecule has 35 heavy (non-hydrogen) atoms. The Bertz CT molecular complexity index is 821.